The topological polar surface area (TPSA) is 0 Å². The lowest BCUT2D eigenvalue weighted by molar-refractivity contribution is 0.295. The van der Waals surface area contributed by atoms with E-state index < -0.39 is 0 Å². The fraction of sp³-hybridized carbons (Fsp3) is 0.667. The van der Waals surface area contributed by atoms with E-state index in [-0.39, 0.29) is 5.38 Å². The van der Waals surface area contributed by atoms with E-state index in [9.17, 15) is 0 Å². The number of halogens is 1. The Hall–Kier alpha value is -0.490. The van der Waals surface area contributed by atoms with Gasteiger partial charge in [0, 0.05) is 0 Å². The summed E-state index contributed by atoms with van der Waals surface area (Å²) >= 11 is 6.56. The van der Waals surface area contributed by atoms with Crippen LogP contribution >= 0.6 is 11.6 Å². The lowest BCUT2D eigenvalue weighted by Gasteiger charge is -2.24. The van der Waals surface area contributed by atoms with E-state index >= 15 is 0 Å². The first kappa shape index (κ1) is 16.6. The molecule has 2 atom stereocenters. The average Bonchev–Trinajstić information content (AvgIpc) is 2.27. The van der Waals surface area contributed by atoms with Gasteiger partial charge in [-0.2, -0.15) is 0 Å². The molecule has 0 saturated heterocycles. The van der Waals surface area contributed by atoms with Crippen molar-refractivity contribution in [2.75, 3.05) is 0 Å². The van der Waals surface area contributed by atoms with Crippen LogP contribution in [0.5, 0.6) is 0 Å². The van der Waals surface area contributed by atoms with E-state index in [1.807, 2.05) is 0 Å². The summed E-state index contributed by atoms with van der Waals surface area (Å²) in [6.45, 7) is 11.4. The lowest BCUT2D eigenvalue weighted by Crippen LogP contribution is -2.12. The highest BCUT2D eigenvalue weighted by molar-refractivity contribution is 6.20. The molecule has 0 aromatic heterocycles. The Morgan fingerprint density at radius 1 is 1.11 bits per heavy atom. The van der Waals surface area contributed by atoms with Crippen LogP contribution in [0.15, 0.2) is 24.3 Å². The summed E-state index contributed by atoms with van der Waals surface area (Å²) in [5, 5.41) is 0.146. The van der Waals surface area contributed by atoms with Crippen molar-refractivity contribution >= 4 is 11.6 Å². The molecule has 0 saturated carbocycles. The molecule has 0 radical (unpaired) electrons. The van der Waals surface area contributed by atoms with E-state index in [0.29, 0.717) is 11.3 Å². The second-order valence-corrected chi connectivity index (χ2v) is 7.59. The zero-order valence-corrected chi connectivity index (χ0v) is 13.9. The van der Waals surface area contributed by atoms with Crippen LogP contribution in [0.1, 0.15) is 70.4 Å². The fourth-order valence-corrected chi connectivity index (χ4v) is 3.25. The first-order valence-corrected chi connectivity index (χ1v) is 7.98. The number of hydrogen-bond donors (Lipinski definition) is 0. The minimum absolute atomic E-state index is 0.146. The van der Waals surface area contributed by atoms with Crippen molar-refractivity contribution in [1.82, 2.24) is 0 Å². The van der Waals surface area contributed by atoms with Gasteiger partial charge in [0.2, 0.25) is 0 Å². The van der Waals surface area contributed by atoms with Crippen LogP contribution in [0, 0.1) is 11.3 Å². The maximum atomic E-state index is 6.56. The number of hydrogen-bond acceptors (Lipinski definition) is 0. The molecule has 0 aliphatic heterocycles. The summed E-state index contributed by atoms with van der Waals surface area (Å²) < 4.78 is 0. The Kier molecular flexibility index (Phi) is 6.39. The minimum Gasteiger partial charge on any atom is -0.118 e. The van der Waals surface area contributed by atoms with Gasteiger partial charge < -0.3 is 0 Å². The molecule has 0 amide bonds. The lowest BCUT2D eigenvalue weighted by atomic mass is 9.83. The van der Waals surface area contributed by atoms with Crippen LogP contribution in [0.4, 0.5) is 0 Å². The second kappa shape index (κ2) is 7.33. The van der Waals surface area contributed by atoms with Gasteiger partial charge >= 0.3 is 0 Å². The molecule has 0 fully saturated rings. The monoisotopic (exact) mass is 280 g/mol. The molecule has 2 unspecified atom stereocenters. The number of aryl methyl sites for hydroxylation is 1. The standard InChI is InChI=1S/C18H29Cl/c1-6-7-15-8-10-16(11-9-15)17(19)12-14(2)13-18(3,4)5/h8-11,14,17H,6-7,12-13H2,1-5H3. The summed E-state index contributed by atoms with van der Waals surface area (Å²) in [7, 11) is 0. The first-order chi connectivity index (χ1) is 8.81. The third kappa shape index (κ3) is 6.47. The predicted octanol–water partition coefficient (Wildman–Crippen LogP) is 6.38. The largest absolute Gasteiger partial charge is 0.118 e. The van der Waals surface area contributed by atoms with Gasteiger partial charge in [-0.25, -0.2) is 0 Å². The molecule has 108 valence electrons. The maximum absolute atomic E-state index is 6.56. The summed E-state index contributed by atoms with van der Waals surface area (Å²) in [6.07, 6.45) is 4.65. The third-order valence-electron chi connectivity index (χ3n) is 3.45. The summed E-state index contributed by atoms with van der Waals surface area (Å²) in [4.78, 5) is 0. The molecule has 1 aromatic carbocycles. The summed E-state index contributed by atoms with van der Waals surface area (Å²) in [5.41, 5.74) is 3.07. The van der Waals surface area contributed by atoms with Crippen molar-refractivity contribution < 1.29 is 0 Å². The third-order valence-corrected chi connectivity index (χ3v) is 3.88. The Labute approximate surface area is 124 Å². The van der Waals surface area contributed by atoms with Crippen molar-refractivity contribution in [3.05, 3.63) is 35.4 Å². The Morgan fingerprint density at radius 3 is 2.16 bits per heavy atom. The van der Waals surface area contributed by atoms with Gasteiger partial charge in [0.15, 0.2) is 0 Å². The molecular formula is C18H29Cl. The highest BCUT2D eigenvalue weighted by Gasteiger charge is 2.18. The van der Waals surface area contributed by atoms with E-state index in [1.165, 1.54) is 24.0 Å². The molecule has 0 aliphatic rings. The molecule has 0 heterocycles. The molecule has 0 N–H and O–H groups in total. The van der Waals surface area contributed by atoms with E-state index in [4.69, 9.17) is 11.6 Å². The second-order valence-electron chi connectivity index (χ2n) is 7.06. The number of alkyl halides is 1. The van der Waals surface area contributed by atoms with E-state index in [0.717, 1.165) is 12.8 Å². The molecule has 0 nitrogen and oxygen atoms in total. The van der Waals surface area contributed by atoms with Crippen molar-refractivity contribution in [2.24, 2.45) is 11.3 Å². The maximum Gasteiger partial charge on any atom is 0.0587 e. The Balaban J connectivity index is 2.55. The fourth-order valence-electron chi connectivity index (χ4n) is 2.80. The number of benzene rings is 1. The van der Waals surface area contributed by atoms with Crippen molar-refractivity contribution in [3.63, 3.8) is 0 Å². The van der Waals surface area contributed by atoms with Crippen molar-refractivity contribution in [1.29, 1.82) is 0 Å². The van der Waals surface area contributed by atoms with Gasteiger partial charge in [-0.05, 0) is 41.7 Å². The highest BCUT2D eigenvalue weighted by atomic mass is 35.5. The molecule has 19 heavy (non-hydrogen) atoms. The van der Waals surface area contributed by atoms with Gasteiger partial charge in [-0.3, -0.25) is 0 Å². The van der Waals surface area contributed by atoms with Crippen molar-refractivity contribution in [3.8, 4) is 0 Å². The van der Waals surface area contributed by atoms with Gasteiger partial charge in [0.25, 0.3) is 0 Å². The average molecular weight is 281 g/mol. The molecule has 0 aliphatic carbocycles. The first-order valence-electron chi connectivity index (χ1n) is 7.54. The normalized spacial score (nSPS) is 15.3. The Morgan fingerprint density at radius 2 is 1.68 bits per heavy atom. The van der Waals surface area contributed by atoms with E-state index in [1.54, 1.807) is 0 Å². The van der Waals surface area contributed by atoms with Crippen LogP contribution in [-0.4, -0.2) is 0 Å². The SMILES string of the molecule is CCCc1ccc(C(Cl)CC(C)CC(C)(C)C)cc1. The van der Waals surface area contributed by atoms with Gasteiger partial charge in [0.1, 0.15) is 0 Å². The van der Waals surface area contributed by atoms with Crippen molar-refractivity contribution in [2.45, 2.75) is 65.7 Å². The predicted molar refractivity (Wildman–Crippen MR) is 86.9 cm³/mol. The molecule has 1 aromatic rings. The smallest absolute Gasteiger partial charge is 0.0587 e. The van der Waals surface area contributed by atoms with Gasteiger partial charge in [-0.1, -0.05) is 65.3 Å². The zero-order chi connectivity index (χ0) is 14.5. The summed E-state index contributed by atoms with van der Waals surface area (Å²) in [6, 6.07) is 8.85. The minimum atomic E-state index is 0.146. The molecule has 0 bridgehead atoms. The zero-order valence-electron chi connectivity index (χ0n) is 13.2. The molecule has 0 spiro atoms. The Bertz CT molecular complexity index is 358. The molecule has 1 heteroatoms. The quantitative estimate of drug-likeness (QED) is 0.530. The van der Waals surface area contributed by atoms with Crippen LogP contribution in [0.25, 0.3) is 0 Å². The molecular weight excluding hydrogens is 252 g/mol. The summed E-state index contributed by atoms with van der Waals surface area (Å²) in [5.74, 6) is 0.665. The van der Waals surface area contributed by atoms with Crippen LogP contribution in [0.2, 0.25) is 0 Å². The van der Waals surface area contributed by atoms with Gasteiger partial charge in [0.05, 0.1) is 5.38 Å². The molecule has 1 rings (SSSR count). The van der Waals surface area contributed by atoms with E-state index in [2.05, 4.69) is 58.9 Å². The van der Waals surface area contributed by atoms with Crippen LogP contribution in [-0.2, 0) is 6.42 Å². The highest BCUT2D eigenvalue weighted by Crippen LogP contribution is 2.33. The van der Waals surface area contributed by atoms with Gasteiger partial charge in [-0.15, -0.1) is 11.6 Å². The van der Waals surface area contributed by atoms with Crippen LogP contribution in [0.3, 0.4) is 0 Å². The number of rotatable bonds is 6. The van der Waals surface area contributed by atoms with Crippen LogP contribution < -0.4 is 0 Å².